The van der Waals surface area contributed by atoms with Crippen LogP contribution in [0, 0.1) is 18.8 Å². The van der Waals surface area contributed by atoms with Gasteiger partial charge in [0, 0.05) is 11.8 Å². The molecule has 0 bridgehead atoms. The molecule has 2 nitrogen and oxygen atoms in total. The van der Waals surface area contributed by atoms with Crippen molar-refractivity contribution >= 4 is 0 Å². The first-order valence-corrected chi connectivity index (χ1v) is 8.02. The van der Waals surface area contributed by atoms with Gasteiger partial charge in [-0.15, -0.1) is 0 Å². The largest absolute Gasteiger partial charge is 0.352 e. The third kappa shape index (κ3) is 3.24. The average Bonchev–Trinajstić information content (AvgIpc) is 2.49. The maximum Gasteiger partial charge on any atom is 0.160 e. The lowest BCUT2D eigenvalue weighted by Gasteiger charge is -2.37. The molecule has 0 atom stereocenters. The van der Waals surface area contributed by atoms with Gasteiger partial charge < -0.3 is 9.47 Å². The molecule has 1 saturated carbocycles. The Labute approximate surface area is 122 Å². The Hall–Kier alpha value is -0.860. The van der Waals surface area contributed by atoms with E-state index in [9.17, 15) is 0 Å². The Balaban J connectivity index is 1.53. The van der Waals surface area contributed by atoms with Crippen LogP contribution in [0.4, 0.5) is 0 Å². The summed E-state index contributed by atoms with van der Waals surface area (Å²) in [4.78, 5) is 0. The van der Waals surface area contributed by atoms with Gasteiger partial charge in [-0.05, 0) is 44.1 Å². The Bertz CT molecular complexity index is 410. The summed E-state index contributed by atoms with van der Waals surface area (Å²) in [6.45, 7) is 6.06. The highest BCUT2D eigenvalue weighted by Crippen LogP contribution is 2.38. The number of benzene rings is 1. The van der Waals surface area contributed by atoms with Crippen molar-refractivity contribution in [2.45, 2.75) is 51.7 Å². The van der Waals surface area contributed by atoms with Crippen molar-refractivity contribution < 1.29 is 9.47 Å². The zero-order valence-corrected chi connectivity index (χ0v) is 12.7. The van der Waals surface area contributed by atoms with Gasteiger partial charge in [-0.2, -0.15) is 0 Å². The molecule has 20 heavy (non-hydrogen) atoms. The molecule has 0 N–H and O–H groups in total. The van der Waals surface area contributed by atoms with E-state index in [-0.39, 0.29) is 6.29 Å². The van der Waals surface area contributed by atoms with Crippen LogP contribution in [0.15, 0.2) is 24.3 Å². The molecule has 2 aliphatic rings. The minimum absolute atomic E-state index is 0.0603. The number of rotatable bonds is 2. The second-order valence-corrected chi connectivity index (χ2v) is 6.66. The first-order chi connectivity index (χ1) is 9.72. The molecule has 1 saturated heterocycles. The van der Waals surface area contributed by atoms with E-state index in [2.05, 4.69) is 38.1 Å². The predicted octanol–water partition coefficient (Wildman–Crippen LogP) is 4.28. The Morgan fingerprint density at radius 2 is 1.50 bits per heavy atom. The van der Waals surface area contributed by atoms with Crippen LogP contribution in [0.3, 0.4) is 0 Å². The molecule has 1 aliphatic heterocycles. The summed E-state index contributed by atoms with van der Waals surface area (Å²) >= 11 is 0. The van der Waals surface area contributed by atoms with Gasteiger partial charge in [0.05, 0.1) is 13.2 Å². The molecule has 1 aromatic carbocycles. The zero-order chi connectivity index (χ0) is 13.9. The molecular weight excluding hydrogens is 248 g/mol. The van der Waals surface area contributed by atoms with Gasteiger partial charge in [0.2, 0.25) is 0 Å². The fourth-order valence-corrected chi connectivity index (χ4v) is 3.45. The fourth-order valence-electron chi connectivity index (χ4n) is 3.45. The summed E-state index contributed by atoms with van der Waals surface area (Å²) in [7, 11) is 0. The smallest absolute Gasteiger partial charge is 0.160 e. The zero-order valence-electron chi connectivity index (χ0n) is 12.7. The molecule has 1 aromatic rings. The van der Waals surface area contributed by atoms with Crippen LogP contribution in [0.2, 0.25) is 0 Å². The van der Waals surface area contributed by atoms with E-state index in [0.29, 0.717) is 11.8 Å². The number of ether oxygens (including phenoxy) is 2. The lowest BCUT2D eigenvalue weighted by atomic mass is 9.78. The van der Waals surface area contributed by atoms with Crippen molar-refractivity contribution in [1.29, 1.82) is 0 Å². The van der Waals surface area contributed by atoms with Crippen molar-refractivity contribution in [1.82, 2.24) is 0 Å². The molecule has 0 amide bonds. The van der Waals surface area contributed by atoms with Gasteiger partial charge in [-0.3, -0.25) is 0 Å². The molecule has 2 heteroatoms. The highest BCUT2D eigenvalue weighted by atomic mass is 16.7. The fraction of sp³-hybridized carbons (Fsp3) is 0.667. The molecule has 0 aromatic heterocycles. The normalized spacial score (nSPS) is 34.9. The van der Waals surface area contributed by atoms with E-state index >= 15 is 0 Å². The van der Waals surface area contributed by atoms with Crippen LogP contribution in [-0.4, -0.2) is 19.5 Å². The minimum atomic E-state index is 0.0603. The minimum Gasteiger partial charge on any atom is -0.352 e. The standard InChI is InChI=1S/C18H26O2/c1-13-3-5-15(6-4-13)16-7-9-17(10-8-16)18-19-11-14(2)12-20-18/h3-6,14,16-18H,7-12H2,1-2H3. The quantitative estimate of drug-likeness (QED) is 0.801. The average molecular weight is 274 g/mol. The summed E-state index contributed by atoms with van der Waals surface area (Å²) in [6, 6.07) is 9.07. The van der Waals surface area contributed by atoms with E-state index in [4.69, 9.17) is 9.47 Å². The second kappa shape index (κ2) is 6.28. The van der Waals surface area contributed by atoms with Gasteiger partial charge in [0.1, 0.15) is 0 Å². The monoisotopic (exact) mass is 274 g/mol. The summed E-state index contributed by atoms with van der Waals surface area (Å²) < 4.78 is 11.7. The van der Waals surface area contributed by atoms with Crippen LogP contribution in [0.1, 0.15) is 49.7 Å². The molecule has 0 unspecified atom stereocenters. The topological polar surface area (TPSA) is 18.5 Å². The van der Waals surface area contributed by atoms with Gasteiger partial charge in [-0.1, -0.05) is 36.8 Å². The van der Waals surface area contributed by atoms with E-state index < -0.39 is 0 Å². The summed E-state index contributed by atoms with van der Waals surface area (Å²) in [5.74, 6) is 1.88. The Morgan fingerprint density at radius 3 is 2.10 bits per heavy atom. The molecule has 3 rings (SSSR count). The molecule has 0 radical (unpaired) electrons. The van der Waals surface area contributed by atoms with Crippen LogP contribution in [0.5, 0.6) is 0 Å². The molecule has 2 fully saturated rings. The number of aryl methyl sites for hydroxylation is 1. The van der Waals surface area contributed by atoms with Crippen molar-refractivity contribution in [2.75, 3.05) is 13.2 Å². The van der Waals surface area contributed by atoms with Gasteiger partial charge in [0.15, 0.2) is 6.29 Å². The van der Waals surface area contributed by atoms with Crippen LogP contribution >= 0.6 is 0 Å². The molecule has 110 valence electrons. The molecule has 0 spiro atoms. The summed E-state index contributed by atoms with van der Waals surface area (Å²) in [5.41, 5.74) is 2.86. The lowest BCUT2D eigenvalue weighted by Crippen LogP contribution is -2.37. The highest BCUT2D eigenvalue weighted by Gasteiger charge is 2.31. The van der Waals surface area contributed by atoms with E-state index in [1.54, 1.807) is 0 Å². The number of hydrogen-bond donors (Lipinski definition) is 0. The summed E-state index contributed by atoms with van der Waals surface area (Å²) in [6.07, 6.45) is 5.07. The van der Waals surface area contributed by atoms with Crippen LogP contribution in [-0.2, 0) is 9.47 Å². The maximum atomic E-state index is 5.86. The SMILES string of the molecule is Cc1ccc(C2CCC(C3OCC(C)CO3)CC2)cc1. The Kier molecular flexibility index (Phi) is 4.42. The third-order valence-electron chi connectivity index (χ3n) is 4.80. The van der Waals surface area contributed by atoms with Crippen molar-refractivity contribution in [2.24, 2.45) is 11.8 Å². The van der Waals surface area contributed by atoms with E-state index in [1.165, 1.54) is 36.8 Å². The van der Waals surface area contributed by atoms with E-state index in [1.807, 2.05) is 0 Å². The highest BCUT2D eigenvalue weighted by molar-refractivity contribution is 5.24. The van der Waals surface area contributed by atoms with E-state index in [0.717, 1.165) is 19.1 Å². The molecule has 1 aliphatic carbocycles. The Morgan fingerprint density at radius 1 is 0.900 bits per heavy atom. The first kappa shape index (κ1) is 14.1. The summed E-state index contributed by atoms with van der Waals surface area (Å²) in [5, 5.41) is 0. The van der Waals surface area contributed by atoms with Crippen molar-refractivity contribution in [3.63, 3.8) is 0 Å². The predicted molar refractivity (Wildman–Crippen MR) is 80.7 cm³/mol. The third-order valence-corrected chi connectivity index (χ3v) is 4.80. The lowest BCUT2D eigenvalue weighted by molar-refractivity contribution is -0.226. The number of hydrogen-bond acceptors (Lipinski definition) is 2. The van der Waals surface area contributed by atoms with Gasteiger partial charge >= 0.3 is 0 Å². The molecule has 1 heterocycles. The molecular formula is C18H26O2. The maximum absolute atomic E-state index is 5.86. The first-order valence-electron chi connectivity index (χ1n) is 8.02. The van der Waals surface area contributed by atoms with Crippen molar-refractivity contribution in [3.05, 3.63) is 35.4 Å². The second-order valence-electron chi connectivity index (χ2n) is 6.66. The van der Waals surface area contributed by atoms with Crippen LogP contribution in [0.25, 0.3) is 0 Å². The van der Waals surface area contributed by atoms with Gasteiger partial charge in [-0.25, -0.2) is 0 Å². The van der Waals surface area contributed by atoms with Gasteiger partial charge in [0.25, 0.3) is 0 Å². The van der Waals surface area contributed by atoms with Crippen LogP contribution < -0.4 is 0 Å². The van der Waals surface area contributed by atoms with Crippen molar-refractivity contribution in [3.8, 4) is 0 Å².